The molecule has 4 fully saturated rings. The summed E-state index contributed by atoms with van der Waals surface area (Å²) in [5.41, 5.74) is -1.71. The maximum Gasteiger partial charge on any atom is 0.417 e. The summed E-state index contributed by atoms with van der Waals surface area (Å²) in [7, 11) is 0. The van der Waals surface area contributed by atoms with Crippen LogP contribution in [0.25, 0.3) is 0 Å². The van der Waals surface area contributed by atoms with Crippen molar-refractivity contribution in [2.75, 3.05) is 0 Å². The van der Waals surface area contributed by atoms with Crippen LogP contribution in [0.3, 0.4) is 0 Å². The highest BCUT2D eigenvalue weighted by Gasteiger charge is 2.65. The van der Waals surface area contributed by atoms with Crippen LogP contribution in [0.2, 0.25) is 0 Å². The molecule has 0 heterocycles. The second-order valence-electron chi connectivity index (χ2n) is 13.7. The maximum atomic E-state index is 13.6. The topological polar surface area (TPSA) is 60.7 Å². The van der Waals surface area contributed by atoms with Gasteiger partial charge in [-0.05, 0) is 110 Å². The van der Waals surface area contributed by atoms with E-state index in [1.54, 1.807) is 0 Å². The van der Waals surface area contributed by atoms with E-state index in [0.29, 0.717) is 36.5 Å². The molecular formula is C31H45F3O3. The van der Waals surface area contributed by atoms with Crippen molar-refractivity contribution in [2.24, 2.45) is 46.3 Å². The highest BCUT2D eigenvalue weighted by atomic mass is 19.4. The predicted octanol–water partition coefficient (Wildman–Crippen LogP) is 7.06. The Labute approximate surface area is 219 Å². The number of fused-ring (bicyclic) bond motifs is 5. The first-order valence-corrected chi connectivity index (χ1v) is 14.5. The lowest BCUT2D eigenvalue weighted by Gasteiger charge is -2.62. The van der Waals surface area contributed by atoms with Crippen LogP contribution in [-0.4, -0.2) is 33.2 Å². The number of hydrogen-bond donors (Lipinski definition) is 3. The number of aliphatic hydroxyl groups excluding tert-OH is 2. The Balaban J connectivity index is 1.28. The zero-order chi connectivity index (χ0) is 26.8. The van der Waals surface area contributed by atoms with E-state index in [4.69, 9.17) is 0 Å². The van der Waals surface area contributed by atoms with E-state index in [-0.39, 0.29) is 35.5 Å². The molecule has 0 unspecified atom stereocenters. The number of alkyl halides is 3. The van der Waals surface area contributed by atoms with E-state index in [9.17, 15) is 28.5 Å². The monoisotopic (exact) mass is 522 g/mol. The third kappa shape index (κ3) is 4.47. The lowest BCUT2D eigenvalue weighted by molar-refractivity contribution is -0.290. The molecule has 0 bridgehead atoms. The lowest BCUT2D eigenvalue weighted by atomic mass is 9.43. The summed E-state index contributed by atoms with van der Waals surface area (Å²) in [5.74, 6) is 1.85. The largest absolute Gasteiger partial charge is 0.417 e. The predicted molar refractivity (Wildman–Crippen MR) is 137 cm³/mol. The summed E-state index contributed by atoms with van der Waals surface area (Å²) in [6.07, 6.45) is 0.629. The fourth-order valence-corrected chi connectivity index (χ4v) is 9.93. The van der Waals surface area contributed by atoms with Crippen molar-refractivity contribution in [3.8, 4) is 0 Å². The molecule has 3 N–H and O–H groups in total. The van der Waals surface area contributed by atoms with Crippen molar-refractivity contribution < 1.29 is 28.5 Å². The fourth-order valence-electron chi connectivity index (χ4n) is 9.93. The molecule has 1 aromatic carbocycles. The first kappa shape index (κ1) is 27.5. The Morgan fingerprint density at radius 1 is 0.892 bits per heavy atom. The van der Waals surface area contributed by atoms with Gasteiger partial charge < -0.3 is 15.3 Å². The van der Waals surface area contributed by atoms with Crippen molar-refractivity contribution in [3.63, 3.8) is 0 Å². The molecule has 6 heteroatoms. The van der Waals surface area contributed by atoms with Crippen molar-refractivity contribution >= 4 is 0 Å². The van der Waals surface area contributed by atoms with E-state index >= 15 is 0 Å². The Bertz CT molecular complexity index is 953. The highest BCUT2D eigenvalue weighted by Crippen LogP contribution is 2.69. The molecule has 11 atom stereocenters. The molecule has 4 aliphatic rings. The molecule has 0 amide bonds. The van der Waals surface area contributed by atoms with Crippen molar-refractivity contribution in [2.45, 2.75) is 109 Å². The summed E-state index contributed by atoms with van der Waals surface area (Å²) >= 11 is 0. The Morgan fingerprint density at radius 3 is 2.24 bits per heavy atom. The minimum absolute atomic E-state index is 0.0732. The van der Waals surface area contributed by atoms with E-state index in [1.807, 2.05) is 30.3 Å². The van der Waals surface area contributed by atoms with Crippen LogP contribution in [0.5, 0.6) is 0 Å². The Morgan fingerprint density at radius 2 is 1.57 bits per heavy atom. The molecule has 0 radical (unpaired) electrons. The summed E-state index contributed by atoms with van der Waals surface area (Å²) in [6.45, 7) is 6.76. The van der Waals surface area contributed by atoms with Gasteiger partial charge in [-0.3, -0.25) is 0 Å². The van der Waals surface area contributed by atoms with Crippen LogP contribution in [-0.2, 0) is 0 Å². The first-order chi connectivity index (χ1) is 17.3. The average Bonchev–Trinajstić information content (AvgIpc) is 3.21. The lowest BCUT2D eigenvalue weighted by Crippen LogP contribution is -2.59. The molecule has 0 spiro atoms. The van der Waals surface area contributed by atoms with Gasteiger partial charge in [-0.25, -0.2) is 0 Å². The zero-order valence-electron chi connectivity index (χ0n) is 22.6. The number of benzene rings is 1. The maximum absolute atomic E-state index is 13.6. The van der Waals surface area contributed by atoms with Crippen LogP contribution in [0, 0.1) is 46.3 Å². The number of hydrogen-bond acceptors (Lipinski definition) is 3. The van der Waals surface area contributed by atoms with Gasteiger partial charge in [0.05, 0.1) is 12.2 Å². The molecule has 5 rings (SSSR count). The van der Waals surface area contributed by atoms with Crippen molar-refractivity contribution in [1.82, 2.24) is 0 Å². The van der Waals surface area contributed by atoms with E-state index in [0.717, 1.165) is 44.1 Å². The Kier molecular flexibility index (Phi) is 7.06. The second-order valence-corrected chi connectivity index (χ2v) is 13.7. The Hall–Kier alpha value is -1.11. The molecule has 0 saturated heterocycles. The van der Waals surface area contributed by atoms with Crippen LogP contribution >= 0.6 is 0 Å². The molecule has 37 heavy (non-hydrogen) atoms. The van der Waals surface area contributed by atoms with Gasteiger partial charge in [0.25, 0.3) is 0 Å². The van der Waals surface area contributed by atoms with Gasteiger partial charge in [0.15, 0.2) is 5.60 Å². The second kappa shape index (κ2) is 9.52. The van der Waals surface area contributed by atoms with E-state index < -0.39 is 24.0 Å². The third-order valence-corrected chi connectivity index (χ3v) is 12.2. The first-order valence-electron chi connectivity index (χ1n) is 14.5. The minimum Gasteiger partial charge on any atom is -0.393 e. The molecule has 208 valence electrons. The van der Waals surface area contributed by atoms with Crippen LogP contribution in [0.15, 0.2) is 30.3 Å². The number of aliphatic hydroxyl groups is 3. The van der Waals surface area contributed by atoms with E-state index in [2.05, 4.69) is 20.8 Å². The van der Waals surface area contributed by atoms with Crippen molar-refractivity contribution in [1.29, 1.82) is 0 Å². The van der Waals surface area contributed by atoms with Gasteiger partial charge in [-0.15, -0.1) is 0 Å². The van der Waals surface area contributed by atoms with E-state index in [1.165, 1.54) is 0 Å². The normalized spacial score (nSPS) is 44.3. The van der Waals surface area contributed by atoms with Gasteiger partial charge in [-0.2, -0.15) is 13.2 Å². The molecule has 1 aromatic rings. The summed E-state index contributed by atoms with van der Waals surface area (Å²) in [5, 5.41) is 32.4. The van der Waals surface area contributed by atoms with Gasteiger partial charge in [0.1, 0.15) is 0 Å². The van der Waals surface area contributed by atoms with Gasteiger partial charge in [0, 0.05) is 6.42 Å². The molecule has 0 aromatic heterocycles. The summed E-state index contributed by atoms with van der Waals surface area (Å²) < 4.78 is 40.9. The molecule has 4 aliphatic carbocycles. The third-order valence-electron chi connectivity index (χ3n) is 12.2. The average molecular weight is 523 g/mol. The molecule has 4 saturated carbocycles. The smallest absolute Gasteiger partial charge is 0.393 e. The van der Waals surface area contributed by atoms with Gasteiger partial charge >= 0.3 is 6.18 Å². The minimum atomic E-state index is -4.56. The number of halogens is 3. The highest BCUT2D eigenvalue weighted by molar-refractivity contribution is 5.18. The van der Waals surface area contributed by atoms with Crippen molar-refractivity contribution in [3.05, 3.63) is 35.9 Å². The molecule has 3 nitrogen and oxygen atoms in total. The number of rotatable bonds is 5. The van der Waals surface area contributed by atoms with Crippen LogP contribution < -0.4 is 0 Å². The zero-order valence-corrected chi connectivity index (χ0v) is 22.6. The fraction of sp³-hybridized carbons (Fsp3) is 0.806. The SMILES string of the molecule is C[C@@H]([C@H](O)C[C@H](O)c1ccccc1)[C@@H]1CC[C@H]2[C@@H]3CC[C@H]4C[C@](O)(C(F)(F)F)CC[C@]4(C)[C@H]3CC[C@]12C. The quantitative estimate of drug-likeness (QED) is 0.388. The van der Waals surface area contributed by atoms with Gasteiger partial charge in [0.2, 0.25) is 0 Å². The van der Waals surface area contributed by atoms with Crippen LogP contribution in [0.4, 0.5) is 13.2 Å². The molecule has 0 aliphatic heterocycles. The molecular weight excluding hydrogens is 477 g/mol. The van der Waals surface area contributed by atoms with Gasteiger partial charge in [-0.1, -0.05) is 51.1 Å². The van der Waals surface area contributed by atoms with Crippen LogP contribution in [0.1, 0.15) is 96.6 Å². The summed E-state index contributed by atoms with van der Waals surface area (Å²) in [4.78, 5) is 0. The summed E-state index contributed by atoms with van der Waals surface area (Å²) in [6, 6.07) is 9.52. The standard InChI is InChI=1S/C31H45F3O3/c1-19(26(35)17-27(36)20-7-5-4-6-8-20)23-11-12-24-22-10-9-21-18-30(37,31(32,33)34)16-15-28(21,2)25(22)13-14-29(23,24)3/h4-8,19,21-27,35-37H,9-18H2,1-3H3/t19-,21+,22+,23+,24+,25+,26-,27+,28+,29-,30+/m1/s1.